The summed E-state index contributed by atoms with van der Waals surface area (Å²) in [6.45, 7) is 0. The van der Waals surface area contributed by atoms with E-state index in [9.17, 15) is 0 Å². The molecule has 2 atom stereocenters. The predicted molar refractivity (Wildman–Crippen MR) is 184 cm³/mol. The fraction of sp³-hybridized carbons (Fsp3) is 0.0256. The standard InChI is InChI=1S/C39H30P2/c1-4-14-29(15-5-1)28-41(33-20-8-3-9-21-33)37-27-25-31-17-11-13-23-35(31)39(37)38-34-22-12-10-16-30(34)24-26-36(38)40-32-18-6-2-7-19-32/h1-27,40H,28H2. The van der Waals surface area contributed by atoms with Crippen LogP contribution in [0.4, 0.5) is 0 Å². The van der Waals surface area contributed by atoms with Crippen molar-refractivity contribution < 1.29 is 0 Å². The molecule has 0 fully saturated rings. The van der Waals surface area contributed by atoms with Crippen LogP contribution in [0.3, 0.4) is 0 Å². The highest BCUT2D eigenvalue weighted by Gasteiger charge is 2.23. The van der Waals surface area contributed by atoms with Gasteiger partial charge in [0.05, 0.1) is 0 Å². The molecule has 0 saturated heterocycles. The average molecular weight is 561 g/mol. The van der Waals surface area contributed by atoms with E-state index < -0.39 is 7.92 Å². The van der Waals surface area contributed by atoms with Crippen LogP contribution in [0.2, 0.25) is 0 Å². The van der Waals surface area contributed by atoms with Crippen LogP contribution in [0.25, 0.3) is 32.7 Å². The molecule has 0 aliphatic rings. The van der Waals surface area contributed by atoms with Crippen LogP contribution < -0.4 is 21.2 Å². The summed E-state index contributed by atoms with van der Waals surface area (Å²) in [5.41, 5.74) is 4.16. The molecule has 196 valence electrons. The van der Waals surface area contributed by atoms with Crippen LogP contribution >= 0.6 is 16.5 Å². The summed E-state index contributed by atoms with van der Waals surface area (Å²) in [4.78, 5) is 0. The molecule has 7 rings (SSSR count). The Morgan fingerprint density at radius 1 is 0.439 bits per heavy atom. The molecule has 2 unspecified atom stereocenters. The van der Waals surface area contributed by atoms with Crippen molar-refractivity contribution in [1.82, 2.24) is 0 Å². The van der Waals surface area contributed by atoms with Gasteiger partial charge in [-0.05, 0) is 67.4 Å². The Balaban J connectivity index is 1.55. The highest BCUT2D eigenvalue weighted by atomic mass is 31.1. The molecule has 2 heteroatoms. The number of hydrogen-bond acceptors (Lipinski definition) is 0. The molecule has 0 aliphatic carbocycles. The van der Waals surface area contributed by atoms with E-state index in [4.69, 9.17) is 0 Å². The van der Waals surface area contributed by atoms with E-state index in [1.165, 1.54) is 59.5 Å². The topological polar surface area (TPSA) is 0 Å². The number of hydrogen-bond donors (Lipinski definition) is 0. The Kier molecular flexibility index (Phi) is 7.44. The first-order chi connectivity index (χ1) is 20.3. The van der Waals surface area contributed by atoms with E-state index in [1.807, 2.05) is 0 Å². The second-order valence-corrected chi connectivity index (χ2v) is 13.8. The SMILES string of the molecule is c1ccc(CP(c2ccccc2)c2ccc3ccccc3c2-c2c(Pc3ccccc3)ccc3ccccc23)cc1. The van der Waals surface area contributed by atoms with E-state index in [-0.39, 0.29) is 0 Å². The molecule has 0 N–H and O–H groups in total. The Bertz CT molecular complexity index is 1930. The van der Waals surface area contributed by atoms with Gasteiger partial charge in [0.1, 0.15) is 0 Å². The summed E-state index contributed by atoms with van der Waals surface area (Å²) in [6, 6.07) is 60.4. The minimum Gasteiger partial charge on any atom is -0.0622 e. The van der Waals surface area contributed by atoms with Crippen molar-refractivity contribution in [3.05, 3.63) is 169 Å². The van der Waals surface area contributed by atoms with E-state index >= 15 is 0 Å². The molecule has 0 radical (unpaired) electrons. The van der Waals surface area contributed by atoms with Crippen LogP contribution in [0, 0.1) is 0 Å². The quantitative estimate of drug-likeness (QED) is 0.171. The highest BCUT2D eigenvalue weighted by molar-refractivity contribution is 7.72. The molecule has 0 nitrogen and oxygen atoms in total. The molecule has 7 aromatic rings. The zero-order chi connectivity index (χ0) is 27.4. The summed E-state index contributed by atoms with van der Waals surface area (Å²) >= 11 is 0. The van der Waals surface area contributed by atoms with Crippen molar-refractivity contribution in [3.8, 4) is 11.1 Å². The fourth-order valence-corrected chi connectivity index (χ4v) is 9.48. The van der Waals surface area contributed by atoms with E-state index in [0.29, 0.717) is 8.58 Å². The highest BCUT2D eigenvalue weighted by Crippen LogP contribution is 2.45. The van der Waals surface area contributed by atoms with Gasteiger partial charge in [0, 0.05) is 6.16 Å². The van der Waals surface area contributed by atoms with Gasteiger partial charge in [0.15, 0.2) is 0 Å². The van der Waals surface area contributed by atoms with Gasteiger partial charge < -0.3 is 0 Å². The second kappa shape index (κ2) is 11.8. The van der Waals surface area contributed by atoms with Gasteiger partial charge in [0.2, 0.25) is 0 Å². The number of rotatable bonds is 7. The van der Waals surface area contributed by atoms with E-state index in [1.54, 1.807) is 0 Å². The van der Waals surface area contributed by atoms with Crippen molar-refractivity contribution in [1.29, 1.82) is 0 Å². The third-order valence-electron chi connectivity index (χ3n) is 7.68. The van der Waals surface area contributed by atoms with Crippen LogP contribution in [-0.4, -0.2) is 0 Å². The lowest BCUT2D eigenvalue weighted by atomic mass is 9.93. The monoisotopic (exact) mass is 560 g/mol. The number of benzene rings is 7. The maximum atomic E-state index is 2.43. The van der Waals surface area contributed by atoms with Gasteiger partial charge in [-0.25, -0.2) is 0 Å². The van der Waals surface area contributed by atoms with Crippen LogP contribution in [0.5, 0.6) is 0 Å². The second-order valence-electron chi connectivity index (χ2n) is 10.3. The Labute approximate surface area is 245 Å². The smallest absolute Gasteiger partial charge is 0.000765 e. The summed E-state index contributed by atoms with van der Waals surface area (Å²) < 4.78 is 0. The normalized spacial score (nSPS) is 12.3. The first-order valence-corrected chi connectivity index (χ1v) is 16.6. The molecule has 0 aliphatic heterocycles. The first kappa shape index (κ1) is 25.9. The predicted octanol–water partition coefficient (Wildman–Crippen LogP) is 8.92. The first-order valence-electron chi connectivity index (χ1n) is 14.1. The van der Waals surface area contributed by atoms with Crippen molar-refractivity contribution in [3.63, 3.8) is 0 Å². The summed E-state index contributed by atoms with van der Waals surface area (Å²) in [6.07, 6.45) is 1.01. The van der Waals surface area contributed by atoms with E-state index in [0.717, 1.165) is 6.16 Å². The van der Waals surface area contributed by atoms with Crippen LogP contribution in [0.1, 0.15) is 5.56 Å². The summed E-state index contributed by atoms with van der Waals surface area (Å²) in [5, 5.41) is 10.9. The molecular weight excluding hydrogens is 530 g/mol. The average Bonchev–Trinajstić information content (AvgIpc) is 3.05. The van der Waals surface area contributed by atoms with E-state index in [2.05, 4.69) is 164 Å². The van der Waals surface area contributed by atoms with Crippen molar-refractivity contribution in [2.45, 2.75) is 6.16 Å². The zero-order valence-electron chi connectivity index (χ0n) is 22.7. The minimum absolute atomic E-state index is 0.573. The molecular formula is C39H30P2. The molecule has 0 aromatic heterocycles. The van der Waals surface area contributed by atoms with Gasteiger partial charge in [-0.2, -0.15) is 0 Å². The largest absolute Gasteiger partial charge is 0.0622 e. The van der Waals surface area contributed by atoms with Crippen molar-refractivity contribution in [2.75, 3.05) is 0 Å². The van der Waals surface area contributed by atoms with Gasteiger partial charge in [-0.3, -0.25) is 0 Å². The lowest BCUT2D eigenvalue weighted by Gasteiger charge is -2.26. The third-order valence-corrected chi connectivity index (χ3v) is 11.5. The Morgan fingerprint density at radius 2 is 0.976 bits per heavy atom. The van der Waals surface area contributed by atoms with Gasteiger partial charge in [-0.1, -0.05) is 172 Å². The molecule has 41 heavy (non-hydrogen) atoms. The lowest BCUT2D eigenvalue weighted by Crippen LogP contribution is -2.18. The van der Waals surface area contributed by atoms with Crippen molar-refractivity contribution in [2.24, 2.45) is 0 Å². The fourth-order valence-electron chi connectivity index (χ4n) is 5.76. The van der Waals surface area contributed by atoms with Gasteiger partial charge in [0.25, 0.3) is 0 Å². The number of fused-ring (bicyclic) bond motifs is 2. The molecule has 7 aromatic carbocycles. The van der Waals surface area contributed by atoms with Gasteiger partial charge in [-0.15, -0.1) is 0 Å². The molecule has 0 heterocycles. The van der Waals surface area contributed by atoms with Crippen molar-refractivity contribution >= 4 is 59.3 Å². The molecule has 0 bridgehead atoms. The molecule has 0 spiro atoms. The maximum Gasteiger partial charge on any atom is 0.000765 e. The van der Waals surface area contributed by atoms with Crippen LogP contribution in [-0.2, 0) is 6.16 Å². The summed E-state index contributed by atoms with van der Waals surface area (Å²) in [5.74, 6) is 0. The Hall–Kier alpha value is -4.08. The lowest BCUT2D eigenvalue weighted by molar-refractivity contribution is 1.40. The zero-order valence-corrected chi connectivity index (χ0v) is 24.6. The summed E-state index contributed by atoms with van der Waals surface area (Å²) in [7, 11) is -0.0961. The molecule has 0 amide bonds. The molecule has 0 saturated carbocycles. The Morgan fingerprint density at radius 3 is 1.66 bits per heavy atom. The minimum atomic E-state index is -0.669. The maximum absolute atomic E-state index is 2.43. The van der Waals surface area contributed by atoms with Gasteiger partial charge >= 0.3 is 0 Å². The van der Waals surface area contributed by atoms with Crippen LogP contribution in [0.15, 0.2) is 164 Å². The third kappa shape index (κ3) is 5.35.